The Kier molecular flexibility index (Phi) is 4.98. The Morgan fingerprint density at radius 2 is 1.33 bits per heavy atom. The molecule has 1 heterocycles. The Hall–Kier alpha value is -0.820. The van der Waals surface area contributed by atoms with Crippen molar-refractivity contribution in [3.05, 3.63) is 35.4 Å². The minimum Gasteiger partial charge on any atom is -0.376 e. The van der Waals surface area contributed by atoms with Crippen molar-refractivity contribution in [2.24, 2.45) is 10.8 Å². The van der Waals surface area contributed by atoms with Crippen LogP contribution in [0.1, 0.15) is 52.7 Å². The van der Waals surface area contributed by atoms with Crippen LogP contribution in [0.4, 0.5) is 0 Å². The molecule has 0 fully saturated rings. The van der Waals surface area contributed by atoms with Gasteiger partial charge in [-0.1, -0.05) is 65.8 Å². The lowest BCUT2D eigenvalue weighted by molar-refractivity contribution is 0.111. The van der Waals surface area contributed by atoms with Gasteiger partial charge < -0.3 is 4.74 Å². The Balaban J connectivity index is 0.000000187. The number of fused-ring (bicyclic) bond motifs is 1. The molecule has 0 unspecified atom stereocenters. The molecule has 0 N–H and O–H groups in total. The van der Waals surface area contributed by atoms with E-state index in [4.69, 9.17) is 4.74 Å². The number of benzene rings is 1. The van der Waals surface area contributed by atoms with Crippen LogP contribution in [-0.4, -0.2) is 6.61 Å². The van der Waals surface area contributed by atoms with Gasteiger partial charge in [0.2, 0.25) is 0 Å². The predicted molar refractivity (Wildman–Crippen MR) is 78.7 cm³/mol. The maximum Gasteiger partial charge on any atom is 0.0719 e. The van der Waals surface area contributed by atoms with Crippen molar-refractivity contribution in [2.75, 3.05) is 6.61 Å². The zero-order valence-electron chi connectivity index (χ0n) is 12.8. The summed E-state index contributed by atoms with van der Waals surface area (Å²) < 4.78 is 5.30. The highest BCUT2D eigenvalue weighted by molar-refractivity contribution is 5.27. The summed E-state index contributed by atoms with van der Waals surface area (Å²) in [4.78, 5) is 0. The molecule has 1 aliphatic heterocycles. The van der Waals surface area contributed by atoms with Gasteiger partial charge in [0.15, 0.2) is 0 Å². The van der Waals surface area contributed by atoms with Crippen molar-refractivity contribution < 1.29 is 4.74 Å². The van der Waals surface area contributed by atoms with Crippen LogP contribution >= 0.6 is 0 Å². The van der Waals surface area contributed by atoms with Gasteiger partial charge in [0.1, 0.15) is 0 Å². The molecule has 18 heavy (non-hydrogen) atoms. The average molecular weight is 248 g/mol. The Morgan fingerprint density at radius 1 is 0.833 bits per heavy atom. The summed E-state index contributed by atoms with van der Waals surface area (Å²) in [6, 6.07) is 8.46. The van der Waals surface area contributed by atoms with Gasteiger partial charge in [-0.25, -0.2) is 0 Å². The molecule has 0 aliphatic carbocycles. The normalized spacial score (nSPS) is 15.4. The van der Waals surface area contributed by atoms with Crippen LogP contribution in [0.5, 0.6) is 0 Å². The lowest BCUT2D eigenvalue weighted by atomic mass is 9.71. The van der Waals surface area contributed by atoms with E-state index in [1.54, 1.807) is 0 Å². The van der Waals surface area contributed by atoms with E-state index in [9.17, 15) is 0 Å². The van der Waals surface area contributed by atoms with E-state index in [-0.39, 0.29) is 0 Å². The van der Waals surface area contributed by atoms with Gasteiger partial charge in [-0.2, -0.15) is 0 Å². The molecule has 0 atom stereocenters. The first-order valence-electron chi connectivity index (χ1n) is 6.86. The molecule has 1 aromatic rings. The summed E-state index contributed by atoms with van der Waals surface area (Å²) in [5, 5.41) is 0. The highest BCUT2D eigenvalue weighted by Crippen LogP contribution is 2.36. The van der Waals surface area contributed by atoms with Crippen LogP contribution in [0.25, 0.3) is 0 Å². The molecule has 1 aromatic carbocycles. The first kappa shape index (κ1) is 15.2. The SMILES string of the molecule is CC(C)(C)C(C)(C)C.c1ccc2c(c1)CCOC2. The van der Waals surface area contributed by atoms with Crippen molar-refractivity contribution in [2.45, 2.75) is 54.6 Å². The van der Waals surface area contributed by atoms with E-state index in [0.717, 1.165) is 19.6 Å². The molecule has 0 bridgehead atoms. The summed E-state index contributed by atoms with van der Waals surface area (Å²) in [5.41, 5.74) is 3.68. The average Bonchev–Trinajstić information content (AvgIpc) is 2.27. The van der Waals surface area contributed by atoms with Gasteiger partial charge in [0, 0.05) is 0 Å². The quantitative estimate of drug-likeness (QED) is 0.638. The second-order valence-electron chi connectivity index (χ2n) is 7.07. The van der Waals surface area contributed by atoms with Gasteiger partial charge in [0.25, 0.3) is 0 Å². The molecule has 0 spiro atoms. The third kappa shape index (κ3) is 4.45. The molecule has 0 amide bonds. The Bertz CT molecular complexity index is 329. The fraction of sp³-hybridized carbons (Fsp3) is 0.647. The minimum absolute atomic E-state index is 0.437. The fourth-order valence-corrected chi connectivity index (χ4v) is 1.31. The lowest BCUT2D eigenvalue weighted by Crippen LogP contribution is -2.25. The van der Waals surface area contributed by atoms with Gasteiger partial charge in [-0.3, -0.25) is 0 Å². The largest absolute Gasteiger partial charge is 0.376 e. The molecule has 1 aliphatic rings. The smallest absolute Gasteiger partial charge is 0.0719 e. The first-order valence-corrected chi connectivity index (χ1v) is 6.86. The van der Waals surface area contributed by atoms with Gasteiger partial charge in [0.05, 0.1) is 13.2 Å². The zero-order chi connectivity index (χ0) is 13.8. The molecular weight excluding hydrogens is 220 g/mol. The highest BCUT2D eigenvalue weighted by Gasteiger charge is 2.26. The molecule has 1 heteroatoms. The minimum atomic E-state index is 0.437. The molecular formula is C17H28O. The van der Waals surface area contributed by atoms with E-state index in [0.29, 0.717) is 10.8 Å². The van der Waals surface area contributed by atoms with Crippen LogP contribution in [0.3, 0.4) is 0 Å². The molecule has 2 rings (SSSR count). The van der Waals surface area contributed by atoms with E-state index >= 15 is 0 Å². The number of hydrogen-bond donors (Lipinski definition) is 0. The Labute approximate surface area is 113 Å². The van der Waals surface area contributed by atoms with E-state index < -0.39 is 0 Å². The predicted octanol–water partition coefficient (Wildman–Crippen LogP) is 4.84. The second kappa shape index (κ2) is 5.88. The van der Waals surface area contributed by atoms with Crippen molar-refractivity contribution in [1.82, 2.24) is 0 Å². The summed E-state index contributed by atoms with van der Waals surface area (Å²) in [7, 11) is 0. The fourth-order valence-electron chi connectivity index (χ4n) is 1.31. The second-order valence-corrected chi connectivity index (χ2v) is 7.07. The molecule has 0 saturated heterocycles. The number of rotatable bonds is 0. The van der Waals surface area contributed by atoms with E-state index in [1.165, 1.54) is 11.1 Å². The first-order chi connectivity index (χ1) is 8.22. The van der Waals surface area contributed by atoms with Crippen molar-refractivity contribution in [3.63, 3.8) is 0 Å². The zero-order valence-corrected chi connectivity index (χ0v) is 12.8. The summed E-state index contributed by atoms with van der Waals surface area (Å²) in [6.45, 7) is 15.3. The summed E-state index contributed by atoms with van der Waals surface area (Å²) in [6.07, 6.45) is 1.08. The van der Waals surface area contributed by atoms with Crippen molar-refractivity contribution in [3.8, 4) is 0 Å². The van der Waals surface area contributed by atoms with E-state index in [1.807, 2.05) is 0 Å². The van der Waals surface area contributed by atoms with Gasteiger partial charge in [-0.05, 0) is 28.4 Å². The Morgan fingerprint density at radius 3 is 1.78 bits per heavy atom. The van der Waals surface area contributed by atoms with Crippen LogP contribution in [0, 0.1) is 10.8 Å². The highest BCUT2D eigenvalue weighted by atomic mass is 16.5. The van der Waals surface area contributed by atoms with Crippen LogP contribution in [0.2, 0.25) is 0 Å². The van der Waals surface area contributed by atoms with Crippen molar-refractivity contribution in [1.29, 1.82) is 0 Å². The van der Waals surface area contributed by atoms with Crippen LogP contribution in [0.15, 0.2) is 24.3 Å². The molecule has 102 valence electrons. The number of ether oxygens (including phenoxy) is 1. The standard InChI is InChI=1S/C9H10O.C8H18/c1-2-4-9-7-10-6-5-8(9)3-1;1-7(2,3)8(4,5)6/h1-4H,5-7H2;1-6H3. The van der Waals surface area contributed by atoms with E-state index in [2.05, 4.69) is 65.8 Å². The lowest BCUT2D eigenvalue weighted by Gasteiger charge is -2.34. The molecule has 0 saturated carbocycles. The molecule has 1 nitrogen and oxygen atoms in total. The van der Waals surface area contributed by atoms with Crippen molar-refractivity contribution >= 4 is 0 Å². The van der Waals surface area contributed by atoms with Gasteiger partial charge in [-0.15, -0.1) is 0 Å². The monoisotopic (exact) mass is 248 g/mol. The molecule has 0 aromatic heterocycles. The van der Waals surface area contributed by atoms with Crippen LogP contribution < -0.4 is 0 Å². The third-order valence-electron chi connectivity index (χ3n) is 4.14. The topological polar surface area (TPSA) is 9.23 Å². The number of hydrogen-bond acceptors (Lipinski definition) is 1. The molecule has 0 radical (unpaired) electrons. The van der Waals surface area contributed by atoms with Gasteiger partial charge >= 0.3 is 0 Å². The summed E-state index contributed by atoms with van der Waals surface area (Å²) >= 11 is 0. The third-order valence-corrected chi connectivity index (χ3v) is 4.14. The maximum atomic E-state index is 5.30. The summed E-state index contributed by atoms with van der Waals surface area (Å²) in [5.74, 6) is 0. The maximum absolute atomic E-state index is 5.30. The van der Waals surface area contributed by atoms with Crippen LogP contribution in [-0.2, 0) is 17.8 Å².